The minimum absolute atomic E-state index is 0.0805. The van der Waals surface area contributed by atoms with Crippen LogP contribution in [0.2, 0.25) is 0 Å². The summed E-state index contributed by atoms with van der Waals surface area (Å²) in [5.74, 6) is -1.62. The van der Waals surface area contributed by atoms with E-state index in [0.717, 1.165) is 167 Å². The van der Waals surface area contributed by atoms with Gasteiger partial charge in [0.25, 0.3) is 0 Å². The average molecular weight is 1460 g/mol. The van der Waals surface area contributed by atoms with Crippen LogP contribution in [0.5, 0.6) is 0 Å². The van der Waals surface area contributed by atoms with Gasteiger partial charge in [0.15, 0.2) is 6.10 Å². The summed E-state index contributed by atoms with van der Waals surface area (Å²) in [6.07, 6.45) is 91.8. The number of carbonyl (C=O) groups is 3. The van der Waals surface area contributed by atoms with Crippen molar-refractivity contribution in [3.63, 3.8) is 0 Å². The third-order valence-electron chi connectivity index (χ3n) is 16.0. The Bertz CT molecular complexity index is 2420. The molecule has 0 saturated heterocycles. The predicted molar refractivity (Wildman–Crippen MR) is 417 cm³/mol. The summed E-state index contributed by atoms with van der Waals surface area (Å²) in [4.78, 5) is 58.6. The van der Waals surface area contributed by atoms with E-state index in [-0.39, 0.29) is 19.3 Å². The molecule has 16 nitrogen and oxygen atoms in total. The Kier molecular flexibility index (Phi) is 71.7. The van der Waals surface area contributed by atoms with E-state index in [2.05, 4.69) is 167 Å². The van der Waals surface area contributed by atoms with E-state index in [9.17, 15) is 43.5 Å². The van der Waals surface area contributed by atoms with E-state index in [0.29, 0.717) is 19.3 Å². The van der Waals surface area contributed by atoms with Gasteiger partial charge in [-0.05, 0) is 141 Å². The smallest absolute Gasteiger partial charge is 0.463 e. The van der Waals surface area contributed by atoms with Gasteiger partial charge in [-0.2, -0.15) is 0 Å². The lowest BCUT2D eigenvalue weighted by molar-refractivity contribution is -0.161. The molecule has 4 N–H and O–H groups in total. The van der Waals surface area contributed by atoms with Gasteiger partial charge < -0.3 is 34.2 Å². The number of aliphatic hydroxyl groups excluding tert-OH is 2. The van der Waals surface area contributed by atoms with Gasteiger partial charge in [0.05, 0.1) is 26.4 Å². The minimum Gasteiger partial charge on any atom is -0.463 e. The lowest BCUT2D eigenvalue weighted by Crippen LogP contribution is -2.30. The van der Waals surface area contributed by atoms with Crippen LogP contribution in [0.3, 0.4) is 0 Å². The summed E-state index contributed by atoms with van der Waals surface area (Å²) < 4.78 is 61.1. The fourth-order valence-electron chi connectivity index (χ4n) is 10.1. The minimum atomic E-state index is -4.94. The highest BCUT2D eigenvalue weighted by molar-refractivity contribution is 7.47. The van der Waals surface area contributed by atoms with Gasteiger partial charge in [0.1, 0.15) is 25.4 Å². The predicted octanol–water partition coefficient (Wildman–Crippen LogP) is 22.9. The molecule has 0 aliphatic carbocycles. The number of hydrogen-bond acceptors (Lipinski definition) is 14. The number of ether oxygens (including phenoxy) is 3. The van der Waals surface area contributed by atoms with Crippen LogP contribution in [0.4, 0.5) is 0 Å². The molecule has 0 aromatic rings. The Balaban J connectivity index is 4.56. The molecule has 101 heavy (non-hydrogen) atoms. The number of phosphoric ester groups is 2. The zero-order chi connectivity index (χ0) is 73.7. The van der Waals surface area contributed by atoms with Crippen LogP contribution in [0.1, 0.15) is 303 Å². The largest absolute Gasteiger partial charge is 0.472 e. The van der Waals surface area contributed by atoms with Gasteiger partial charge in [-0.15, -0.1) is 0 Å². The van der Waals surface area contributed by atoms with Crippen LogP contribution in [-0.2, 0) is 55.8 Å². The molecule has 0 rings (SSSR count). The second-order valence-corrected chi connectivity index (χ2v) is 28.7. The highest BCUT2D eigenvalue weighted by Crippen LogP contribution is 2.45. The highest BCUT2D eigenvalue weighted by atomic mass is 31.2. The van der Waals surface area contributed by atoms with Crippen LogP contribution in [0, 0.1) is 0 Å². The molecule has 5 atom stereocenters. The zero-order valence-corrected chi connectivity index (χ0v) is 64.8. The Morgan fingerprint density at radius 1 is 0.287 bits per heavy atom. The monoisotopic (exact) mass is 1450 g/mol. The zero-order valence-electron chi connectivity index (χ0n) is 63.0. The third kappa shape index (κ3) is 76.4. The van der Waals surface area contributed by atoms with Gasteiger partial charge >= 0.3 is 33.6 Å². The first-order valence-corrected chi connectivity index (χ1v) is 42.1. The third-order valence-corrected chi connectivity index (χ3v) is 17.9. The van der Waals surface area contributed by atoms with Gasteiger partial charge in [0.2, 0.25) is 0 Å². The molecule has 0 aromatic carbocycles. The highest BCUT2D eigenvalue weighted by Gasteiger charge is 2.29. The summed E-state index contributed by atoms with van der Waals surface area (Å²) in [6, 6.07) is 0. The molecule has 0 aliphatic heterocycles. The summed E-state index contributed by atoms with van der Waals surface area (Å²) in [6.45, 7) is 2.39. The number of rotatable bonds is 73. The lowest BCUT2D eigenvalue weighted by Gasteiger charge is -2.21. The van der Waals surface area contributed by atoms with Gasteiger partial charge in [0, 0.05) is 19.3 Å². The number of hydrogen-bond donors (Lipinski definition) is 4. The number of phosphoric acid groups is 2. The first kappa shape index (κ1) is 96.4. The number of aliphatic hydroxyl groups is 2. The SMILES string of the molecule is CC/C=C\C/C=C\C/C=C\C/C=C\C/C=C\CCCCCCCCCCCCCCCC(=O)OCC(O)COP(=O)(O)OCC(O)COP(=O)(O)OCC(COC(=O)CCCCCCC/C=C\C/C=C\C/C=C\C/C=C\C/C=C\CC)OC(=O)CCCCCCC/C=C\C/C=C\CCCCC. The van der Waals surface area contributed by atoms with Gasteiger partial charge in [-0.25, -0.2) is 9.13 Å². The second kappa shape index (κ2) is 75.1. The van der Waals surface area contributed by atoms with Crippen molar-refractivity contribution < 1.29 is 75.8 Å². The molecule has 578 valence electrons. The standard InChI is InChI=1S/C83H140O16P2/c1-4-7-10-13-16-19-22-25-28-30-32-34-35-36-37-38-39-40-41-43-45-46-49-51-54-57-60-63-66-69-81(86)93-72-78(84)73-95-100(89,90)96-74-79(85)75-97-101(91,92)98-77-80(99-83(88)71-68-65-62-59-56-53-48-27-24-21-18-15-12-9-6-3)76-94-82(87)70-67-64-61-58-55-52-50-47-44-42-33-31-29-26-23-20-17-14-11-8-5-2/h7-8,10-11,16-21,25-29,32-34,36-37,42,47-48,50,78-80,84-85H,4-6,9,12-15,22-24,30-31,35,38-41,43-46,49,51-77H2,1-3H3,(H,89,90)(H,91,92)/b10-7-,11-8-,19-16-,20-17-,21-18-,28-25-,29-26-,34-32-,37-36-,42-33-,48-27-,50-47-. The molecular formula is C83H140O16P2. The molecule has 0 aromatic heterocycles. The molecule has 0 saturated carbocycles. The molecule has 0 amide bonds. The molecular weight excluding hydrogens is 1310 g/mol. The Hall–Kier alpha value is -4.57. The summed E-state index contributed by atoms with van der Waals surface area (Å²) >= 11 is 0. The van der Waals surface area contributed by atoms with Crippen LogP contribution in [0.15, 0.2) is 146 Å². The molecule has 0 bridgehead atoms. The van der Waals surface area contributed by atoms with Crippen molar-refractivity contribution in [2.45, 2.75) is 322 Å². The van der Waals surface area contributed by atoms with E-state index in [1.54, 1.807) is 0 Å². The van der Waals surface area contributed by atoms with E-state index >= 15 is 0 Å². The maximum atomic E-state index is 13.0. The number of esters is 3. The number of unbranched alkanes of at least 4 members (excludes halogenated alkanes) is 26. The van der Waals surface area contributed by atoms with Crippen LogP contribution >= 0.6 is 15.6 Å². The molecule has 5 unspecified atom stereocenters. The van der Waals surface area contributed by atoms with Crippen LogP contribution in [0.25, 0.3) is 0 Å². The van der Waals surface area contributed by atoms with Crippen molar-refractivity contribution in [3.05, 3.63) is 146 Å². The molecule has 0 aliphatic rings. The Labute approximate surface area is 613 Å². The summed E-state index contributed by atoms with van der Waals surface area (Å²) in [5, 5.41) is 20.6. The lowest BCUT2D eigenvalue weighted by atomic mass is 10.0. The average Bonchev–Trinajstić information content (AvgIpc) is 1.14. The van der Waals surface area contributed by atoms with E-state index in [1.807, 2.05) is 0 Å². The topological polar surface area (TPSA) is 231 Å². The molecule has 0 radical (unpaired) electrons. The van der Waals surface area contributed by atoms with E-state index in [1.165, 1.54) is 77.0 Å². The van der Waals surface area contributed by atoms with Crippen molar-refractivity contribution in [1.82, 2.24) is 0 Å². The Morgan fingerprint density at radius 2 is 0.525 bits per heavy atom. The summed E-state index contributed by atoms with van der Waals surface area (Å²) in [7, 11) is -9.80. The molecule has 0 heterocycles. The fourth-order valence-corrected chi connectivity index (χ4v) is 11.7. The fraction of sp³-hybridized carbons (Fsp3) is 0.675. The number of carbonyl (C=O) groups excluding carboxylic acids is 3. The van der Waals surface area contributed by atoms with Crippen molar-refractivity contribution in [2.24, 2.45) is 0 Å². The van der Waals surface area contributed by atoms with E-state index < -0.39 is 91.5 Å². The maximum absolute atomic E-state index is 13.0. The maximum Gasteiger partial charge on any atom is 0.472 e. The van der Waals surface area contributed by atoms with E-state index in [4.69, 9.17) is 32.3 Å². The second-order valence-electron chi connectivity index (χ2n) is 25.7. The molecule has 18 heteroatoms. The van der Waals surface area contributed by atoms with Gasteiger partial charge in [-0.1, -0.05) is 289 Å². The molecule has 0 spiro atoms. The van der Waals surface area contributed by atoms with Crippen molar-refractivity contribution in [3.8, 4) is 0 Å². The first-order chi connectivity index (χ1) is 49.2. The van der Waals surface area contributed by atoms with Crippen LogP contribution in [-0.4, -0.2) is 95.9 Å². The normalized spacial score (nSPS) is 14.8. The van der Waals surface area contributed by atoms with Crippen molar-refractivity contribution in [1.29, 1.82) is 0 Å². The summed E-state index contributed by atoms with van der Waals surface area (Å²) in [5.41, 5.74) is 0. The van der Waals surface area contributed by atoms with Crippen LogP contribution < -0.4 is 0 Å². The first-order valence-electron chi connectivity index (χ1n) is 39.1. The van der Waals surface area contributed by atoms with Crippen molar-refractivity contribution in [2.75, 3.05) is 39.6 Å². The molecule has 0 fully saturated rings. The quantitative estimate of drug-likeness (QED) is 0.0146. The van der Waals surface area contributed by atoms with Gasteiger partial charge in [-0.3, -0.25) is 32.5 Å². The number of allylic oxidation sites excluding steroid dienone is 24. The van der Waals surface area contributed by atoms with Crippen molar-refractivity contribution >= 4 is 33.6 Å². The Morgan fingerprint density at radius 3 is 0.832 bits per heavy atom.